The number of rotatable bonds is 4. The number of para-hydroxylation sites is 1. The van der Waals surface area contributed by atoms with Crippen LogP contribution in [0.5, 0.6) is 5.75 Å². The largest absolute Gasteiger partial charge is 0.496 e. The van der Waals surface area contributed by atoms with Gasteiger partial charge in [-0.25, -0.2) is 0 Å². The lowest BCUT2D eigenvalue weighted by molar-refractivity contribution is 0.283. The fourth-order valence-corrected chi connectivity index (χ4v) is 3.05. The van der Waals surface area contributed by atoms with Crippen molar-refractivity contribution in [3.63, 3.8) is 0 Å². The van der Waals surface area contributed by atoms with Gasteiger partial charge in [-0.05, 0) is 31.7 Å². The van der Waals surface area contributed by atoms with Crippen LogP contribution in [0.15, 0.2) is 24.3 Å². The standard InChI is InChI=1S/C16H25NO/c1-12-7-6-8-14(11-12)17-13(2)15-9-4-5-10-16(15)18-3/h4-5,9-10,12-14,17H,6-8,11H2,1-3H3/t12?,13-,14?/m0/s1. The molecular weight excluding hydrogens is 222 g/mol. The summed E-state index contributed by atoms with van der Waals surface area (Å²) >= 11 is 0. The molecule has 2 nitrogen and oxygen atoms in total. The molecule has 1 aliphatic carbocycles. The van der Waals surface area contributed by atoms with Crippen LogP contribution in [-0.4, -0.2) is 13.2 Å². The number of nitrogens with one attached hydrogen (secondary N) is 1. The van der Waals surface area contributed by atoms with E-state index in [0.717, 1.165) is 11.7 Å². The zero-order valence-electron chi connectivity index (χ0n) is 11.8. The van der Waals surface area contributed by atoms with Gasteiger partial charge in [0.15, 0.2) is 0 Å². The Hall–Kier alpha value is -1.02. The molecule has 0 aliphatic heterocycles. The van der Waals surface area contributed by atoms with E-state index < -0.39 is 0 Å². The van der Waals surface area contributed by atoms with Gasteiger partial charge in [-0.3, -0.25) is 0 Å². The average molecular weight is 247 g/mol. The van der Waals surface area contributed by atoms with Crippen LogP contribution in [0.3, 0.4) is 0 Å². The van der Waals surface area contributed by atoms with Crippen molar-refractivity contribution in [2.75, 3.05) is 7.11 Å². The van der Waals surface area contributed by atoms with Crippen molar-refractivity contribution in [1.82, 2.24) is 5.32 Å². The summed E-state index contributed by atoms with van der Waals surface area (Å²) in [5.74, 6) is 1.85. The molecule has 0 radical (unpaired) electrons. The number of hydrogen-bond acceptors (Lipinski definition) is 2. The summed E-state index contributed by atoms with van der Waals surface area (Å²) < 4.78 is 5.44. The lowest BCUT2D eigenvalue weighted by Gasteiger charge is -2.30. The second-order valence-electron chi connectivity index (χ2n) is 5.60. The average Bonchev–Trinajstić information content (AvgIpc) is 2.38. The Kier molecular flexibility index (Phi) is 4.65. The highest BCUT2D eigenvalue weighted by molar-refractivity contribution is 5.35. The maximum Gasteiger partial charge on any atom is 0.123 e. The van der Waals surface area contributed by atoms with Crippen LogP contribution in [-0.2, 0) is 0 Å². The third-order valence-corrected chi connectivity index (χ3v) is 4.03. The molecule has 1 saturated carbocycles. The van der Waals surface area contributed by atoms with E-state index in [1.54, 1.807) is 7.11 Å². The molecule has 0 aromatic heterocycles. The first-order valence-electron chi connectivity index (χ1n) is 7.09. The van der Waals surface area contributed by atoms with Gasteiger partial charge in [0.05, 0.1) is 7.11 Å². The highest BCUT2D eigenvalue weighted by Gasteiger charge is 2.21. The molecule has 1 aromatic rings. The van der Waals surface area contributed by atoms with E-state index in [1.165, 1.54) is 31.2 Å². The Morgan fingerprint density at radius 3 is 2.78 bits per heavy atom. The molecule has 3 atom stereocenters. The molecule has 18 heavy (non-hydrogen) atoms. The van der Waals surface area contributed by atoms with Crippen molar-refractivity contribution in [2.45, 2.75) is 51.6 Å². The van der Waals surface area contributed by atoms with E-state index in [1.807, 2.05) is 12.1 Å². The first kappa shape index (κ1) is 13.4. The topological polar surface area (TPSA) is 21.3 Å². The minimum absolute atomic E-state index is 0.358. The smallest absolute Gasteiger partial charge is 0.123 e. The molecule has 0 amide bonds. The first-order chi connectivity index (χ1) is 8.70. The van der Waals surface area contributed by atoms with Gasteiger partial charge in [0.25, 0.3) is 0 Å². The van der Waals surface area contributed by atoms with E-state index in [2.05, 4.69) is 31.3 Å². The van der Waals surface area contributed by atoms with Crippen LogP contribution in [0.25, 0.3) is 0 Å². The lowest BCUT2D eigenvalue weighted by atomic mass is 9.86. The molecule has 0 spiro atoms. The maximum absolute atomic E-state index is 5.44. The molecule has 1 aromatic carbocycles. The van der Waals surface area contributed by atoms with E-state index in [-0.39, 0.29) is 0 Å². The van der Waals surface area contributed by atoms with Gasteiger partial charge in [-0.15, -0.1) is 0 Å². The molecule has 1 fully saturated rings. The predicted molar refractivity (Wildman–Crippen MR) is 76.0 cm³/mol. The van der Waals surface area contributed by atoms with E-state index >= 15 is 0 Å². The van der Waals surface area contributed by atoms with Crippen LogP contribution in [0, 0.1) is 5.92 Å². The Morgan fingerprint density at radius 1 is 1.28 bits per heavy atom. The van der Waals surface area contributed by atoms with Gasteiger partial charge in [0.1, 0.15) is 5.75 Å². The van der Waals surface area contributed by atoms with E-state index in [9.17, 15) is 0 Å². The Balaban J connectivity index is 2.00. The second-order valence-corrected chi connectivity index (χ2v) is 5.60. The number of hydrogen-bond donors (Lipinski definition) is 1. The number of ether oxygens (including phenoxy) is 1. The minimum Gasteiger partial charge on any atom is -0.496 e. The van der Waals surface area contributed by atoms with Gasteiger partial charge in [-0.2, -0.15) is 0 Å². The molecule has 0 heterocycles. The molecule has 0 bridgehead atoms. The second kappa shape index (κ2) is 6.24. The van der Waals surface area contributed by atoms with Crippen LogP contribution < -0.4 is 10.1 Å². The van der Waals surface area contributed by atoms with Crippen LogP contribution in [0.1, 0.15) is 51.1 Å². The highest BCUT2D eigenvalue weighted by Crippen LogP contribution is 2.28. The molecular formula is C16H25NO. The van der Waals surface area contributed by atoms with Crippen molar-refractivity contribution >= 4 is 0 Å². The molecule has 2 heteroatoms. The monoisotopic (exact) mass is 247 g/mol. The normalized spacial score (nSPS) is 25.7. The zero-order chi connectivity index (χ0) is 13.0. The van der Waals surface area contributed by atoms with E-state index in [4.69, 9.17) is 4.74 Å². The summed E-state index contributed by atoms with van der Waals surface area (Å²) in [6, 6.07) is 9.32. The fourth-order valence-electron chi connectivity index (χ4n) is 3.05. The maximum atomic E-state index is 5.44. The molecule has 1 N–H and O–H groups in total. The number of benzene rings is 1. The fraction of sp³-hybridized carbons (Fsp3) is 0.625. The Labute approximate surface area is 111 Å². The summed E-state index contributed by atoms with van der Waals surface area (Å²) in [4.78, 5) is 0. The Morgan fingerprint density at radius 2 is 2.06 bits per heavy atom. The van der Waals surface area contributed by atoms with Crippen molar-refractivity contribution in [3.8, 4) is 5.75 Å². The van der Waals surface area contributed by atoms with Crippen LogP contribution in [0.2, 0.25) is 0 Å². The van der Waals surface area contributed by atoms with Crippen molar-refractivity contribution < 1.29 is 4.74 Å². The minimum atomic E-state index is 0.358. The van der Waals surface area contributed by atoms with Gasteiger partial charge < -0.3 is 10.1 Å². The van der Waals surface area contributed by atoms with Crippen LogP contribution >= 0.6 is 0 Å². The quantitative estimate of drug-likeness (QED) is 0.870. The zero-order valence-corrected chi connectivity index (χ0v) is 11.8. The van der Waals surface area contributed by atoms with Gasteiger partial charge >= 0.3 is 0 Å². The predicted octanol–water partition coefficient (Wildman–Crippen LogP) is 3.92. The van der Waals surface area contributed by atoms with Gasteiger partial charge in [0.2, 0.25) is 0 Å². The highest BCUT2D eigenvalue weighted by atomic mass is 16.5. The number of methoxy groups -OCH3 is 1. The molecule has 100 valence electrons. The lowest BCUT2D eigenvalue weighted by Crippen LogP contribution is -2.35. The van der Waals surface area contributed by atoms with Crippen LogP contribution in [0.4, 0.5) is 0 Å². The summed E-state index contributed by atoms with van der Waals surface area (Å²) in [5.41, 5.74) is 1.26. The molecule has 2 rings (SSSR count). The summed E-state index contributed by atoms with van der Waals surface area (Å²) in [7, 11) is 1.74. The van der Waals surface area contributed by atoms with Crippen molar-refractivity contribution in [3.05, 3.63) is 29.8 Å². The third kappa shape index (κ3) is 3.26. The summed E-state index contributed by atoms with van der Waals surface area (Å²) in [6.45, 7) is 4.60. The molecule has 1 aliphatic rings. The molecule has 2 unspecified atom stereocenters. The van der Waals surface area contributed by atoms with Crippen molar-refractivity contribution in [1.29, 1.82) is 0 Å². The van der Waals surface area contributed by atoms with Crippen molar-refractivity contribution in [2.24, 2.45) is 5.92 Å². The third-order valence-electron chi connectivity index (χ3n) is 4.03. The summed E-state index contributed by atoms with van der Waals surface area (Å²) in [5, 5.41) is 3.76. The molecule has 0 saturated heterocycles. The first-order valence-corrected chi connectivity index (χ1v) is 7.09. The van der Waals surface area contributed by atoms with E-state index in [0.29, 0.717) is 12.1 Å². The van der Waals surface area contributed by atoms with Gasteiger partial charge in [-0.1, -0.05) is 38.0 Å². The van der Waals surface area contributed by atoms with Gasteiger partial charge in [0, 0.05) is 17.6 Å². The Bertz CT molecular complexity index is 377. The summed E-state index contributed by atoms with van der Waals surface area (Å²) in [6.07, 6.45) is 5.36. The SMILES string of the molecule is COc1ccccc1[C@H](C)NC1CCCC(C)C1.